The summed E-state index contributed by atoms with van der Waals surface area (Å²) in [4.78, 5) is 26.8. The number of aromatic nitrogens is 4. The molecule has 1 aliphatic heterocycles. The van der Waals surface area contributed by atoms with Crippen molar-refractivity contribution < 1.29 is 4.79 Å². The number of hydrogen-bond acceptors (Lipinski definition) is 4. The van der Waals surface area contributed by atoms with Gasteiger partial charge in [0.05, 0.1) is 17.4 Å². The normalized spacial score (nSPS) is 18.0. The number of amides is 1. The SMILES string of the molecule is Cc1cc(C)n([C@@H]2CCCN(C(=O)c3c(C)c(C)n[nH]c3=O)C2)n1. The number of nitrogens with zero attached hydrogens (tertiary/aromatic N) is 4. The average Bonchev–Trinajstić information content (AvgIpc) is 2.90. The van der Waals surface area contributed by atoms with Gasteiger partial charge in [-0.25, -0.2) is 5.10 Å². The van der Waals surface area contributed by atoms with E-state index in [0.29, 0.717) is 24.3 Å². The van der Waals surface area contributed by atoms with Crippen LogP contribution in [-0.2, 0) is 0 Å². The zero-order valence-corrected chi connectivity index (χ0v) is 14.6. The zero-order valence-electron chi connectivity index (χ0n) is 14.6. The molecule has 2 aromatic heterocycles. The third-order valence-electron chi connectivity index (χ3n) is 4.76. The summed E-state index contributed by atoms with van der Waals surface area (Å²) >= 11 is 0. The number of carbonyl (C=O) groups is 1. The number of H-pyrrole nitrogens is 1. The van der Waals surface area contributed by atoms with Gasteiger partial charge in [0, 0.05) is 18.8 Å². The Bertz CT molecular complexity index is 836. The Morgan fingerprint density at radius 1 is 1.29 bits per heavy atom. The van der Waals surface area contributed by atoms with E-state index in [9.17, 15) is 9.59 Å². The van der Waals surface area contributed by atoms with Crippen LogP contribution in [0, 0.1) is 27.7 Å². The Kier molecular flexibility index (Phi) is 4.26. The fraction of sp³-hybridized carbons (Fsp3) is 0.529. The van der Waals surface area contributed by atoms with E-state index in [4.69, 9.17) is 0 Å². The Hall–Kier alpha value is -2.44. The van der Waals surface area contributed by atoms with Crippen molar-refractivity contribution in [3.63, 3.8) is 0 Å². The molecule has 3 rings (SSSR count). The van der Waals surface area contributed by atoms with Crippen LogP contribution in [0.3, 0.4) is 0 Å². The first-order valence-corrected chi connectivity index (χ1v) is 8.26. The van der Waals surface area contributed by atoms with Crippen LogP contribution in [0.15, 0.2) is 10.9 Å². The molecule has 0 radical (unpaired) electrons. The van der Waals surface area contributed by atoms with Gasteiger partial charge in [0.2, 0.25) is 0 Å². The van der Waals surface area contributed by atoms with Crippen molar-refractivity contribution in [2.75, 3.05) is 13.1 Å². The van der Waals surface area contributed by atoms with E-state index >= 15 is 0 Å². The summed E-state index contributed by atoms with van der Waals surface area (Å²) in [7, 11) is 0. The van der Waals surface area contributed by atoms with Gasteiger partial charge in [-0.15, -0.1) is 0 Å². The van der Waals surface area contributed by atoms with Gasteiger partial charge in [0.1, 0.15) is 5.56 Å². The molecule has 24 heavy (non-hydrogen) atoms. The Labute approximate surface area is 140 Å². The number of carbonyl (C=O) groups excluding carboxylic acids is 1. The fourth-order valence-electron chi connectivity index (χ4n) is 3.40. The number of aryl methyl sites for hydroxylation is 3. The van der Waals surface area contributed by atoms with Crippen molar-refractivity contribution in [3.05, 3.63) is 44.6 Å². The molecule has 0 spiro atoms. The van der Waals surface area contributed by atoms with Gasteiger partial charge < -0.3 is 4.90 Å². The minimum absolute atomic E-state index is 0.152. The maximum Gasteiger partial charge on any atom is 0.277 e. The highest BCUT2D eigenvalue weighted by Gasteiger charge is 2.29. The molecule has 1 amide bonds. The summed E-state index contributed by atoms with van der Waals surface area (Å²) in [5.74, 6) is -0.217. The van der Waals surface area contributed by atoms with Crippen LogP contribution in [0.5, 0.6) is 0 Å². The number of hydrogen-bond donors (Lipinski definition) is 1. The first-order chi connectivity index (χ1) is 11.4. The summed E-state index contributed by atoms with van der Waals surface area (Å²) < 4.78 is 2.00. The van der Waals surface area contributed by atoms with Gasteiger partial charge in [0.15, 0.2) is 0 Å². The molecule has 0 saturated carbocycles. The van der Waals surface area contributed by atoms with Crippen LogP contribution < -0.4 is 5.56 Å². The Balaban J connectivity index is 1.88. The molecule has 1 fully saturated rings. The van der Waals surface area contributed by atoms with Gasteiger partial charge in [0.25, 0.3) is 11.5 Å². The Morgan fingerprint density at radius 3 is 2.71 bits per heavy atom. The lowest BCUT2D eigenvalue weighted by atomic mass is 10.0. The molecule has 0 aliphatic carbocycles. The molecule has 1 aliphatic rings. The second kappa shape index (κ2) is 6.22. The standard InChI is InChI=1S/C17H23N5O2/c1-10-8-11(2)22(20-10)14-6-5-7-21(9-14)17(24)15-12(3)13(4)18-19-16(15)23/h8,14H,5-7,9H2,1-4H3,(H,19,23)/t14-/m1/s1. The topological polar surface area (TPSA) is 83.9 Å². The molecule has 0 unspecified atom stereocenters. The number of aromatic amines is 1. The van der Waals surface area contributed by atoms with Crippen molar-refractivity contribution in [1.82, 2.24) is 24.9 Å². The summed E-state index contributed by atoms with van der Waals surface area (Å²) in [6.45, 7) is 8.79. The molecule has 7 nitrogen and oxygen atoms in total. The van der Waals surface area contributed by atoms with Crippen molar-refractivity contribution in [2.45, 2.75) is 46.6 Å². The molecule has 7 heteroatoms. The zero-order chi connectivity index (χ0) is 17.4. The third-order valence-corrected chi connectivity index (χ3v) is 4.76. The lowest BCUT2D eigenvalue weighted by Gasteiger charge is -2.33. The van der Waals surface area contributed by atoms with Crippen molar-refractivity contribution in [3.8, 4) is 0 Å². The molecule has 3 heterocycles. The maximum atomic E-state index is 12.9. The minimum atomic E-state index is -0.420. The van der Waals surface area contributed by atoms with Gasteiger partial charge in [-0.3, -0.25) is 14.3 Å². The van der Waals surface area contributed by atoms with Crippen LogP contribution in [-0.4, -0.2) is 43.9 Å². The Morgan fingerprint density at radius 2 is 2.04 bits per heavy atom. The van der Waals surface area contributed by atoms with E-state index in [0.717, 1.165) is 24.2 Å². The number of nitrogens with one attached hydrogen (secondary N) is 1. The second-order valence-electron chi connectivity index (χ2n) is 6.56. The van der Waals surface area contributed by atoms with Crippen molar-refractivity contribution >= 4 is 5.91 Å². The van der Waals surface area contributed by atoms with Gasteiger partial charge in [-0.1, -0.05) is 0 Å². The molecule has 2 aromatic rings. The first-order valence-electron chi connectivity index (χ1n) is 8.26. The lowest BCUT2D eigenvalue weighted by Crippen LogP contribution is -2.43. The highest BCUT2D eigenvalue weighted by atomic mass is 16.2. The van der Waals surface area contributed by atoms with Gasteiger partial charge in [-0.05, 0) is 52.2 Å². The van der Waals surface area contributed by atoms with E-state index in [1.807, 2.05) is 24.6 Å². The predicted molar refractivity (Wildman–Crippen MR) is 90.2 cm³/mol. The molecule has 1 saturated heterocycles. The highest BCUT2D eigenvalue weighted by Crippen LogP contribution is 2.24. The minimum Gasteiger partial charge on any atom is -0.336 e. The molecular formula is C17H23N5O2. The van der Waals surface area contributed by atoms with Crippen LogP contribution in [0.25, 0.3) is 0 Å². The van der Waals surface area contributed by atoms with Crippen molar-refractivity contribution in [1.29, 1.82) is 0 Å². The van der Waals surface area contributed by atoms with Crippen molar-refractivity contribution in [2.24, 2.45) is 0 Å². The van der Waals surface area contributed by atoms with E-state index in [2.05, 4.69) is 15.3 Å². The van der Waals surface area contributed by atoms with E-state index in [1.54, 1.807) is 18.7 Å². The smallest absolute Gasteiger partial charge is 0.277 e. The summed E-state index contributed by atoms with van der Waals surface area (Å²) in [5, 5.41) is 10.9. The van der Waals surface area contributed by atoms with E-state index in [1.165, 1.54) is 0 Å². The molecular weight excluding hydrogens is 306 g/mol. The van der Waals surface area contributed by atoms with E-state index < -0.39 is 5.56 Å². The predicted octanol–water partition coefficient (Wildman–Crippen LogP) is 1.68. The molecule has 1 atom stereocenters. The van der Waals surface area contributed by atoms with Crippen LogP contribution in [0.1, 0.15) is 51.9 Å². The van der Waals surface area contributed by atoms with Gasteiger partial charge >= 0.3 is 0 Å². The summed E-state index contributed by atoms with van der Waals surface area (Å²) in [6, 6.07) is 2.20. The summed E-state index contributed by atoms with van der Waals surface area (Å²) in [6.07, 6.45) is 1.88. The average molecular weight is 329 g/mol. The van der Waals surface area contributed by atoms with Crippen LogP contribution in [0.4, 0.5) is 0 Å². The molecule has 128 valence electrons. The quantitative estimate of drug-likeness (QED) is 0.908. The first kappa shape index (κ1) is 16.4. The molecule has 0 aromatic carbocycles. The largest absolute Gasteiger partial charge is 0.336 e. The van der Waals surface area contributed by atoms with Crippen LogP contribution >= 0.6 is 0 Å². The van der Waals surface area contributed by atoms with E-state index in [-0.39, 0.29) is 17.5 Å². The monoisotopic (exact) mass is 329 g/mol. The number of piperidine rings is 1. The van der Waals surface area contributed by atoms with Crippen LogP contribution in [0.2, 0.25) is 0 Å². The lowest BCUT2D eigenvalue weighted by molar-refractivity contribution is 0.0668. The molecule has 1 N–H and O–H groups in total. The third kappa shape index (κ3) is 2.86. The fourth-order valence-corrected chi connectivity index (χ4v) is 3.40. The number of likely N-dealkylation sites (tertiary alicyclic amines) is 1. The highest BCUT2D eigenvalue weighted by molar-refractivity contribution is 5.95. The maximum absolute atomic E-state index is 12.9. The summed E-state index contributed by atoms with van der Waals surface area (Å²) in [5.41, 5.74) is 3.18. The molecule has 0 bridgehead atoms. The second-order valence-corrected chi connectivity index (χ2v) is 6.56. The van der Waals surface area contributed by atoms with Gasteiger partial charge in [-0.2, -0.15) is 10.2 Å². The number of rotatable bonds is 2.